The number of non-ortho nitro benzene ring substituents is 1. The Morgan fingerprint density at radius 2 is 1.82 bits per heavy atom. The third-order valence-corrected chi connectivity index (χ3v) is 5.76. The molecule has 0 bridgehead atoms. The highest BCUT2D eigenvalue weighted by molar-refractivity contribution is 7.99. The van der Waals surface area contributed by atoms with Crippen LogP contribution in [-0.2, 0) is 17.8 Å². The van der Waals surface area contributed by atoms with Crippen molar-refractivity contribution in [2.75, 3.05) is 24.7 Å². The third-order valence-electron chi connectivity index (χ3n) is 4.79. The van der Waals surface area contributed by atoms with E-state index in [4.69, 9.17) is 4.74 Å². The number of anilines is 1. The topological polar surface area (TPSA) is 141 Å². The summed E-state index contributed by atoms with van der Waals surface area (Å²) < 4.78 is 6.99. The number of benzene rings is 2. The summed E-state index contributed by atoms with van der Waals surface area (Å²) in [4.78, 5) is 34.8. The van der Waals surface area contributed by atoms with Crippen LogP contribution in [0.15, 0.2) is 53.7 Å². The molecular weight excluding hydrogens is 460 g/mol. The summed E-state index contributed by atoms with van der Waals surface area (Å²) in [5.41, 5.74) is 0.964. The maximum Gasteiger partial charge on any atom is 0.269 e. The second-order valence-electron chi connectivity index (χ2n) is 7.02. The molecule has 11 nitrogen and oxygen atoms in total. The first-order chi connectivity index (χ1) is 16.4. The first-order valence-electron chi connectivity index (χ1n) is 10.4. The summed E-state index contributed by atoms with van der Waals surface area (Å²) in [6.45, 7) is 2.94. The van der Waals surface area contributed by atoms with Crippen molar-refractivity contribution < 1.29 is 19.2 Å². The number of thioether (sulfide) groups is 1. The molecule has 0 saturated carbocycles. The molecule has 3 aromatic rings. The molecule has 2 aromatic carbocycles. The molecule has 3 rings (SSSR count). The number of nitrogens with one attached hydrogen (secondary N) is 2. The van der Waals surface area contributed by atoms with Crippen molar-refractivity contribution in [3.8, 4) is 5.75 Å². The van der Waals surface area contributed by atoms with Crippen molar-refractivity contribution in [2.24, 2.45) is 0 Å². The Morgan fingerprint density at radius 1 is 1.12 bits per heavy atom. The SMILES string of the molecule is CCn1c(CCNC(=O)c2ccc(OC)cc2)nnc1SCC(=O)Nc1ccc([N+](=O)[O-])cc1. The number of carbonyl (C=O) groups excluding carboxylic acids is 2. The lowest BCUT2D eigenvalue weighted by Crippen LogP contribution is -2.26. The van der Waals surface area contributed by atoms with Gasteiger partial charge in [0.25, 0.3) is 11.6 Å². The van der Waals surface area contributed by atoms with Gasteiger partial charge in [-0.1, -0.05) is 11.8 Å². The predicted octanol–water partition coefficient (Wildman–Crippen LogP) is 2.92. The van der Waals surface area contributed by atoms with Crippen LogP contribution >= 0.6 is 11.8 Å². The summed E-state index contributed by atoms with van der Waals surface area (Å²) in [5, 5.41) is 25.2. The van der Waals surface area contributed by atoms with Gasteiger partial charge in [-0.15, -0.1) is 10.2 Å². The Labute approximate surface area is 200 Å². The molecule has 1 heterocycles. The van der Waals surface area contributed by atoms with Crippen LogP contribution in [0.25, 0.3) is 0 Å². The van der Waals surface area contributed by atoms with Crippen LogP contribution in [0.4, 0.5) is 11.4 Å². The van der Waals surface area contributed by atoms with Crippen LogP contribution in [0.3, 0.4) is 0 Å². The van der Waals surface area contributed by atoms with E-state index in [0.717, 1.165) is 0 Å². The van der Waals surface area contributed by atoms with Crippen molar-refractivity contribution in [1.29, 1.82) is 0 Å². The highest BCUT2D eigenvalue weighted by Gasteiger charge is 2.14. The zero-order valence-corrected chi connectivity index (χ0v) is 19.5. The molecule has 34 heavy (non-hydrogen) atoms. The number of amides is 2. The Balaban J connectivity index is 1.49. The number of nitro benzene ring substituents is 1. The summed E-state index contributed by atoms with van der Waals surface area (Å²) >= 11 is 1.24. The zero-order chi connectivity index (χ0) is 24.5. The van der Waals surface area contributed by atoms with Crippen molar-refractivity contribution >= 4 is 35.0 Å². The molecule has 0 fully saturated rings. The highest BCUT2D eigenvalue weighted by Crippen LogP contribution is 2.19. The summed E-state index contributed by atoms with van der Waals surface area (Å²) in [5.74, 6) is 1.03. The number of hydrogen-bond acceptors (Lipinski definition) is 8. The maximum atomic E-state index is 12.3. The van der Waals surface area contributed by atoms with Crippen LogP contribution in [0.2, 0.25) is 0 Å². The summed E-state index contributed by atoms with van der Waals surface area (Å²) in [7, 11) is 1.57. The van der Waals surface area contributed by atoms with E-state index in [9.17, 15) is 19.7 Å². The monoisotopic (exact) mass is 484 g/mol. The fraction of sp³-hybridized carbons (Fsp3) is 0.273. The second kappa shape index (κ2) is 11.8. The highest BCUT2D eigenvalue weighted by atomic mass is 32.2. The maximum absolute atomic E-state index is 12.3. The normalized spacial score (nSPS) is 10.5. The van der Waals surface area contributed by atoms with Gasteiger partial charge in [-0.25, -0.2) is 0 Å². The number of nitrogens with zero attached hydrogens (tertiary/aromatic N) is 4. The van der Waals surface area contributed by atoms with Gasteiger partial charge in [0.2, 0.25) is 5.91 Å². The van der Waals surface area contributed by atoms with E-state index < -0.39 is 4.92 Å². The van der Waals surface area contributed by atoms with Gasteiger partial charge in [-0.05, 0) is 43.3 Å². The second-order valence-corrected chi connectivity index (χ2v) is 7.96. The molecule has 12 heteroatoms. The molecule has 0 aliphatic carbocycles. The molecule has 1 aromatic heterocycles. The van der Waals surface area contributed by atoms with Gasteiger partial charge in [-0.3, -0.25) is 19.7 Å². The summed E-state index contributed by atoms with van der Waals surface area (Å²) in [6.07, 6.45) is 0.484. The average Bonchev–Trinajstić information content (AvgIpc) is 3.24. The fourth-order valence-electron chi connectivity index (χ4n) is 3.05. The van der Waals surface area contributed by atoms with Crippen molar-refractivity contribution in [3.63, 3.8) is 0 Å². The molecule has 0 saturated heterocycles. The first kappa shape index (κ1) is 24.7. The molecule has 2 N–H and O–H groups in total. The molecule has 2 amide bonds. The van der Waals surface area contributed by atoms with E-state index in [-0.39, 0.29) is 23.3 Å². The van der Waals surface area contributed by atoms with Gasteiger partial charge in [0.05, 0.1) is 17.8 Å². The number of rotatable bonds is 11. The Kier molecular flexibility index (Phi) is 8.57. The molecule has 0 radical (unpaired) electrons. The van der Waals surface area contributed by atoms with E-state index in [0.29, 0.717) is 47.5 Å². The third kappa shape index (κ3) is 6.54. The first-order valence-corrected chi connectivity index (χ1v) is 11.4. The van der Waals surface area contributed by atoms with E-state index in [1.807, 2.05) is 11.5 Å². The number of methoxy groups -OCH3 is 1. The summed E-state index contributed by atoms with van der Waals surface area (Å²) in [6, 6.07) is 12.5. The van der Waals surface area contributed by atoms with Crippen molar-refractivity contribution in [2.45, 2.75) is 25.0 Å². The lowest BCUT2D eigenvalue weighted by atomic mass is 10.2. The van der Waals surface area contributed by atoms with E-state index in [1.54, 1.807) is 31.4 Å². The molecule has 0 aliphatic rings. The van der Waals surface area contributed by atoms with Crippen LogP contribution in [0.1, 0.15) is 23.1 Å². The van der Waals surface area contributed by atoms with Crippen LogP contribution in [-0.4, -0.2) is 50.9 Å². The molecular formula is C22H24N6O5S. The van der Waals surface area contributed by atoms with E-state index >= 15 is 0 Å². The Hall–Kier alpha value is -3.93. The van der Waals surface area contributed by atoms with Gasteiger partial charge in [0.1, 0.15) is 11.6 Å². The van der Waals surface area contributed by atoms with Crippen LogP contribution in [0.5, 0.6) is 5.75 Å². The minimum absolute atomic E-state index is 0.0452. The smallest absolute Gasteiger partial charge is 0.269 e. The molecule has 0 atom stereocenters. The number of aromatic nitrogens is 3. The number of nitro groups is 1. The van der Waals surface area contributed by atoms with Gasteiger partial charge in [-0.2, -0.15) is 0 Å². The van der Waals surface area contributed by atoms with Crippen LogP contribution < -0.4 is 15.4 Å². The quantitative estimate of drug-likeness (QED) is 0.240. The Morgan fingerprint density at radius 3 is 2.44 bits per heavy atom. The molecule has 178 valence electrons. The zero-order valence-electron chi connectivity index (χ0n) is 18.7. The van der Waals surface area contributed by atoms with Gasteiger partial charge >= 0.3 is 0 Å². The lowest BCUT2D eigenvalue weighted by molar-refractivity contribution is -0.384. The average molecular weight is 485 g/mol. The number of hydrogen-bond donors (Lipinski definition) is 2. The van der Waals surface area contributed by atoms with Gasteiger partial charge < -0.3 is 19.9 Å². The molecule has 0 unspecified atom stereocenters. The number of ether oxygens (including phenoxy) is 1. The van der Waals surface area contributed by atoms with E-state index in [2.05, 4.69) is 20.8 Å². The molecule has 0 spiro atoms. The minimum atomic E-state index is -0.499. The van der Waals surface area contributed by atoms with Crippen molar-refractivity contribution in [1.82, 2.24) is 20.1 Å². The molecule has 0 aliphatic heterocycles. The van der Waals surface area contributed by atoms with Crippen LogP contribution in [0, 0.1) is 10.1 Å². The Bertz CT molecular complexity index is 1150. The minimum Gasteiger partial charge on any atom is -0.497 e. The van der Waals surface area contributed by atoms with Gasteiger partial charge in [0.15, 0.2) is 5.16 Å². The van der Waals surface area contributed by atoms with E-state index in [1.165, 1.54) is 36.0 Å². The van der Waals surface area contributed by atoms with Gasteiger partial charge in [0, 0.05) is 42.9 Å². The predicted molar refractivity (Wildman–Crippen MR) is 127 cm³/mol. The standard InChI is InChI=1S/C22H24N6O5S/c1-3-27-19(12-13-23-21(30)15-4-10-18(33-2)11-5-15)25-26-22(27)34-14-20(29)24-16-6-8-17(9-7-16)28(31)32/h4-11H,3,12-14H2,1-2H3,(H,23,30)(H,24,29). The lowest BCUT2D eigenvalue weighted by Gasteiger charge is -2.09. The fourth-order valence-corrected chi connectivity index (χ4v) is 3.88. The largest absolute Gasteiger partial charge is 0.497 e. The number of carbonyl (C=O) groups is 2. The van der Waals surface area contributed by atoms with Crippen molar-refractivity contribution in [3.05, 3.63) is 70.0 Å².